The van der Waals surface area contributed by atoms with Crippen LogP contribution in [0.25, 0.3) is 0 Å². The lowest BCUT2D eigenvalue weighted by Crippen LogP contribution is -2.29. The number of carbonyl (C=O) groups excluding carboxylic acids is 1. The summed E-state index contributed by atoms with van der Waals surface area (Å²) in [6, 6.07) is 0. The molecular weight excluding hydrogens is 174 g/mol. The van der Waals surface area contributed by atoms with Gasteiger partial charge in [0.1, 0.15) is 6.33 Å². The van der Waals surface area contributed by atoms with E-state index in [2.05, 4.69) is 10.2 Å². The molecule has 64 valence electrons. The van der Waals surface area contributed by atoms with Gasteiger partial charge in [-0.1, -0.05) is 0 Å². The van der Waals surface area contributed by atoms with Crippen LogP contribution in [-0.2, 0) is 7.05 Å². The minimum atomic E-state index is 0.133. The van der Waals surface area contributed by atoms with E-state index in [0.717, 1.165) is 11.5 Å². The molecule has 5 heteroatoms. The van der Waals surface area contributed by atoms with E-state index in [0.29, 0.717) is 5.82 Å². The maximum absolute atomic E-state index is 11.6. The minimum absolute atomic E-state index is 0.133. The molecule has 0 bridgehead atoms. The van der Waals surface area contributed by atoms with Crippen LogP contribution in [0.2, 0.25) is 0 Å². The number of Topliss-reactive ketones (excluding diaryl/α,β-unsaturated/α-hetero) is 1. The highest BCUT2D eigenvalue weighted by Crippen LogP contribution is 2.26. The van der Waals surface area contributed by atoms with E-state index in [1.165, 1.54) is 0 Å². The lowest BCUT2D eigenvalue weighted by molar-refractivity contribution is 0.0925. The summed E-state index contributed by atoms with van der Waals surface area (Å²) in [6.07, 6.45) is 1.55. The maximum atomic E-state index is 11.6. The number of hydrogen-bond donors (Lipinski definition) is 0. The van der Waals surface area contributed by atoms with Crippen LogP contribution in [0, 0.1) is 5.92 Å². The standard InChI is InChI=1S/C7H9N3OS/c1-10-4-8-9-7(10)6(11)5-2-12-3-5/h4-5H,2-3H2,1H3. The van der Waals surface area contributed by atoms with Gasteiger partial charge in [0.25, 0.3) is 0 Å². The van der Waals surface area contributed by atoms with Gasteiger partial charge in [0.15, 0.2) is 5.82 Å². The van der Waals surface area contributed by atoms with Gasteiger partial charge in [-0.2, -0.15) is 11.8 Å². The predicted octanol–water partition coefficient (Wildman–Crippen LogP) is 0.361. The third-order valence-electron chi connectivity index (χ3n) is 1.94. The van der Waals surface area contributed by atoms with Crippen LogP contribution in [0.4, 0.5) is 0 Å². The van der Waals surface area contributed by atoms with Crippen molar-refractivity contribution in [3.63, 3.8) is 0 Å². The molecule has 1 aliphatic rings. The molecule has 1 saturated heterocycles. The smallest absolute Gasteiger partial charge is 0.204 e. The number of aryl methyl sites for hydroxylation is 1. The third kappa shape index (κ3) is 1.14. The molecule has 1 aromatic rings. The van der Waals surface area contributed by atoms with E-state index in [4.69, 9.17) is 0 Å². The molecule has 0 atom stereocenters. The second kappa shape index (κ2) is 2.90. The number of carbonyl (C=O) groups is 1. The Balaban J connectivity index is 2.19. The van der Waals surface area contributed by atoms with E-state index in [1.807, 2.05) is 0 Å². The van der Waals surface area contributed by atoms with Crippen LogP contribution in [0.5, 0.6) is 0 Å². The summed E-state index contributed by atoms with van der Waals surface area (Å²) in [5, 5.41) is 7.44. The molecule has 2 heterocycles. The lowest BCUT2D eigenvalue weighted by atomic mass is 10.1. The second-order valence-corrected chi connectivity index (χ2v) is 3.94. The summed E-state index contributed by atoms with van der Waals surface area (Å²) in [5.41, 5.74) is 0. The number of nitrogens with zero attached hydrogens (tertiary/aromatic N) is 3. The van der Waals surface area contributed by atoms with Gasteiger partial charge < -0.3 is 4.57 Å². The van der Waals surface area contributed by atoms with Gasteiger partial charge in [-0.15, -0.1) is 10.2 Å². The van der Waals surface area contributed by atoms with Crippen LogP contribution < -0.4 is 0 Å². The number of ketones is 1. The molecule has 1 aliphatic heterocycles. The van der Waals surface area contributed by atoms with Crippen molar-refractivity contribution in [3.8, 4) is 0 Å². The van der Waals surface area contributed by atoms with E-state index in [9.17, 15) is 4.79 Å². The molecule has 0 amide bonds. The zero-order valence-corrected chi connectivity index (χ0v) is 7.54. The van der Waals surface area contributed by atoms with Crippen molar-refractivity contribution in [1.29, 1.82) is 0 Å². The van der Waals surface area contributed by atoms with E-state index in [1.54, 1.807) is 29.7 Å². The highest BCUT2D eigenvalue weighted by atomic mass is 32.2. The largest absolute Gasteiger partial charge is 0.314 e. The van der Waals surface area contributed by atoms with Crippen molar-refractivity contribution in [3.05, 3.63) is 12.2 Å². The van der Waals surface area contributed by atoms with E-state index >= 15 is 0 Å². The van der Waals surface area contributed by atoms with Gasteiger partial charge in [0.05, 0.1) is 0 Å². The first-order chi connectivity index (χ1) is 5.79. The van der Waals surface area contributed by atoms with Gasteiger partial charge in [-0.3, -0.25) is 4.79 Å². The fraction of sp³-hybridized carbons (Fsp3) is 0.571. The van der Waals surface area contributed by atoms with Crippen LogP contribution in [0.3, 0.4) is 0 Å². The quantitative estimate of drug-likeness (QED) is 0.621. The number of rotatable bonds is 2. The van der Waals surface area contributed by atoms with Crippen molar-refractivity contribution >= 4 is 17.5 Å². The molecule has 0 saturated carbocycles. The van der Waals surface area contributed by atoms with E-state index in [-0.39, 0.29) is 11.7 Å². The molecule has 12 heavy (non-hydrogen) atoms. The Bertz CT molecular complexity index is 305. The molecule has 1 aromatic heterocycles. The van der Waals surface area contributed by atoms with Crippen LogP contribution in [-0.4, -0.2) is 32.1 Å². The van der Waals surface area contributed by atoms with Crippen molar-refractivity contribution in [2.75, 3.05) is 11.5 Å². The number of aromatic nitrogens is 3. The summed E-state index contributed by atoms with van der Waals surface area (Å²) < 4.78 is 1.67. The van der Waals surface area contributed by atoms with Gasteiger partial charge in [-0.05, 0) is 0 Å². The van der Waals surface area contributed by atoms with Gasteiger partial charge in [0.2, 0.25) is 5.78 Å². The number of thioether (sulfide) groups is 1. The lowest BCUT2D eigenvalue weighted by Gasteiger charge is -2.22. The van der Waals surface area contributed by atoms with Crippen molar-refractivity contribution < 1.29 is 4.79 Å². The molecule has 0 aromatic carbocycles. The molecule has 0 aliphatic carbocycles. The minimum Gasteiger partial charge on any atom is -0.314 e. The van der Waals surface area contributed by atoms with Crippen molar-refractivity contribution in [2.45, 2.75) is 0 Å². The topological polar surface area (TPSA) is 47.8 Å². The summed E-state index contributed by atoms with van der Waals surface area (Å²) in [6.45, 7) is 0. The van der Waals surface area contributed by atoms with Crippen molar-refractivity contribution in [2.24, 2.45) is 13.0 Å². The van der Waals surface area contributed by atoms with Gasteiger partial charge in [-0.25, -0.2) is 0 Å². The predicted molar refractivity (Wildman–Crippen MR) is 46.1 cm³/mol. The van der Waals surface area contributed by atoms with Crippen LogP contribution >= 0.6 is 11.8 Å². The molecule has 0 spiro atoms. The first kappa shape index (κ1) is 7.79. The third-order valence-corrected chi connectivity index (χ3v) is 3.22. The monoisotopic (exact) mass is 183 g/mol. The summed E-state index contributed by atoms with van der Waals surface area (Å²) in [5.74, 6) is 2.67. The number of hydrogen-bond acceptors (Lipinski definition) is 4. The molecule has 0 unspecified atom stereocenters. The fourth-order valence-corrected chi connectivity index (χ4v) is 1.85. The van der Waals surface area contributed by atoms with Crippen LogP contribution in [0.15, 0.2) is 6.33 Å². The maximum Gasteiger partial charge on any atom is 0.204 e. The Morgan fingerprint density at radius 1 is 1.75 bits per heavy atom. The van der Waals surface area contributed by atoms with Crippen LogP contribution in [0.1, 0.15) is 10.6 Å². The van der Waals surface area contributed by atoms with Gasteiger partial charge >= 0.3 is 0 Å². The Morgan fingerprint density at radius 3 is 2.92 bits per heavy atom. The zero-order valence-electron chi connectivity index (χ0n) is 6.73. The normalized spacial score (nSPS) is 17.4. The highest BCUT2D eigenvalue weighted by molar-refractivity contribution is 8.00. The van der Waals surface area contributed by atoms with Crippen molar-refractivity contribution in [1.82, 2.24) is 14.8 Å². The highest BCUT2D eigenvalue weighted by Gasteiger charge is 2.29. The first-order valence-corrected chi connectivity index (χ1v) is 4.90. The second-order valence-electron chi connectivity index (χ2n) is 2.86. The molecule has 0 N–H and O–H groups in total. The molecule has 0 radical (unpaired) electrons. The average Bonchev–Trinajstić information content (AvgIpc) is 2.31. The Morgan fingerprint density at radius 2 is 2.50 bits per heavy atom. The van der Waals surface area contributed by atoms with Gasteiger partial charge in [0, 0.05) is 24.5 Å². The molecule has 2 rings (SSSR count). The summed E-state index contributed by atoms with van der Waals surface area (Å²) >= 11 is 1.80. The Hall–Kier alpha value is -0.840. The molecule has 4 nitrogen and oxygen atoms in total. The SMILES string of the molecule is Cn1cnnc1C(=O)C1CSC1. The Kier molecular flexibility index (Phi) is 1.88. The first-order valence-electron chi connectivity index (χ1n) is 3.75. The van der Waals surface area contributed by atoms with E-state index < -0.39 is 0 Å². The molecule has 1 fully saturated rings. The average molecular weight is 183 g/mol. The summed E-state index contributed by atoms with van der Waals surface area (Å²) in [4.78, 5) is 11.6. The summed E-state index contributed by atoms with van der Waals surface area (Å²) in [7, 11) is 1.79. The fourth-order valence-electron chi connectivity index (χ4n) is 1.08. The zero-order chi connectivity index (χ0) is 8.55. The Labute approximate surface area is 74.4 Å². The molecular formula is C7H9N3OS.